The van der Waals surface area contributed by atoms with Crippen molar-refractivity contribution >= 4 is 0 Å². The van der Waals surface area contributed by atoms with Gasteiger partial charge in [0, 0.05) is 28.1 Å². The zero-order valence-electron chi connectivity index (χ0n) is 25.1. The van der Waals surface area contributed by atoms with Crippen molar-refractivity contribution in [1.29, 1.82) is 0 Å². The Morgan fingerprint density at radius 2 is 2.12 bits per heavy atom. The molecule has 0 amide bonds. The fourth-order valence-corrected chi connectivity index (χ4v) is 2.21. The van der Waals surface area contributed by atoms with Gasteiger partial charge in [-0.05, 0) is 48.5 Å². The lowest BCUT2D eigenvalue weighted by molar-refractivity contribution is 0.173. The molecule has 2 aliphatic heterocycles. The van der Waals surface area contributed by atoms with Crippen molar-refractivity contribution in [2.45, 2.75) is 12.3 Å². The highest BCUT2D eigenvalue weighted by molar-refractivity contribution is 5.46. The van der Waals surface area contributed by atoms with E-state index in [1.165, 1.54) is 18.2 Å². The Morgan fingerprint density at radius 1 is 1.29 bits per heavy atom. The lowest BCUT2D eigenvalue weighted by Gasteiger charge is -2.32. The number of halogens is 1. The van der Waals surface area contributed by atoms with Gasteiger partial charge < -0.3 is 19.5 Å². The van der Waals surface area contributed by atoms with Gasteiger partial charge in [-0.2, -0.15) is 0 Å². The smallest absolute Gasteiger partial charge is 0.231 e. The number of piperidine rings is 1. The lowest BCUT2D eigenvalue weighted by Crippen LogP contribution is -2.38. The summed E-state index contributed by atoms with van der Waals surface area (Å²) in [6.45, 7) is -9.47. The summed E-state index contributed by atoms with van der Waals surface area (Å²) >= 11 is 0. The largest absolute Gasteiger partial charge is 0.493 e. The predicted octanol–water partition coefficient (Wildman–Crippen LogP) is 3.33. The average molecular weight is 342 g/mol. The van der Waals surface area contributed by atoms with E-state index in [0.717, 1.165) is 0 Å². The lowest BCUT2D eigenvalue weighted by atomic mass is 9.81. The van der Waals surface area contributed by atoms with Crippen molar-refractivity contribution in [3.8, 4) is 17.2 Å². The summed E-state index contributed by atoms with van der Waals surface area (Å²) in [6.07, 6.45) is -3.40. The number of hydrogen-bond acceptors (Lipinski definition) is 4. The molecule has 2 heterocycles. The molecule has 2 atom stereocenters. The third kappa shape index (κ3) is 3.17. The molecule has 4 rings (SSSR count). The van der Waals surface area contributed by atoms with Gasteiger partial charge in [0.2, 0.25) is 6.75 Å². The van der Waals surface area contributed by atoms with Crippen LogP contribution in [-0.2, 0) is 0 Å². The zero-order valence-corrected chi connectivity index (χ0v) is 12.1. The molecule has 2 aliphatic rings. The number of nitrogens with one attached hydrogen (secondary N) is 1. The van der Waals surface area contributed by atoms with Crippen LogP contribution in [0, 0.1) is 11.7 Å². The van der Waals surface area contributed by atoms with Crippen LogP contribution in [0.2, 0.25) is 0 Å². The van der Waals surface area contributed by atoms with E-state index in [4.69, 9.17) is 32.0 Å². The van der Waals surface area contributed by atoms with Crippen LogP contribution in [0.5, 0.6) is 17.2 Å². The monoisotopic (exact) mass is 342 g/mol. The molecule has 5 heteroatoms. The summed E-state index contributed by atoms with van der Waals surface area (Å²) in [5, 5.41) is 1.87. The second-order valence-electron chi connectivity index (χ2n) is 4.88. The normalized spacial score (nSPS) is 41.7. The number of fused-ring (bicyclic) bond motifs is 1. The second kappa shape index (κ2) is 6.69. The maximum absolute atomic E-state index is 14.2. The fraction of sp³-hybridized carbons (Fsp3) is 0.368. The van der Waals surface area contributed by atoms with Gasteiger partial charge in [0.15, 0.2) is 11.5 Å². The molecule has 1 N–H and O–H groups in total. The van der Waals surface area contributed by atoms with Crippen molar-refractivity contribution in [2.75, 3.05) is 26.3 Å². The minimum atomic E-state index is -3.40. The van der Waals surface area contributed by atoms with Gasteiger partial charge in [0.05, 0.1) is 12.1 Å². The minimum absolute atomic E-state index is 0.0429. The highest BCUT2D eigenvalue weighted by Gasteiger charge is 2.27. The van der Waals surface area contributed by atoms with Crippen molar-refractivity contribution in [1.82, 2.24) is 5.32 Å². The van der Waals surface area contributed by atoms with E-state index in [1.54, 1.807) is 0 Å². The van der Waals surface area contributed by atoms with Crippen LogP contribution < -0.4 is 19.5 Å². The number of ether oxygens (including phenoxy) is 3. The van der Waals surface area contributed by atoms with E-state index < -0.39 is 80.1 Å². The highest BCUT2D eigenvalue weighted by atomic mass is 19.1. The van der Waals surface area contributed by atoms with Crippen molar-refractivity contribution < 1.29 is 36.4 Å². The van der Waals surface area contributed by atoms with Crippen LogP contribution in [0.4, 0.5) is 4.39 Å². The second-order valence-corrected chi connectivity index (χ2v) is 4.88. The molecule has 4 nitrogen and oxygen atoms in total. The maximum atomic E-state index is 14.2. The van der Waals surface area contributed by atoms with Gasteiger partial charge >= 0.3 is 0 Å². The molecule has 0 aliphatic carbocycles. The Hall–Kier alpha value is -2.27. The standard InChI is InChI=1S/C19H20FNO3/c20-15-3-1-13(2-4-15)17-7-8-21-10-14(17)11-22-16-5-6-18-19(9-16)24-12-23-18/h1-6,9,14,17,21H,7-8,10-12H2/t14?,17-/m0/s1/i1D,2D,3D,4D,7D2,8D2,10D2,12D2,17D. The fourth-order valence-electron chi connectivity index (χ4n) is 2.21. The third-order valence-corrected chi connectivity index (χ3v) is 3.35. The van der Waals surface area contributed by atoms with E-state index in [1.807, 2.05) is 5.32 Å². The minimum Gasteiger partial charge on any atom is -0.493 e. The molecular formula is C19H20FNO3. The maximum Gasteiger partial charge on any atom is 0.231 e. The molecule has 2 aromatic rings. The van der Waals surface area contributed by atoms with Crippen LogP contribution in [-0.4, -0.2) is 26.3 Å². The molecule has 0 bridgehead atoms. The summed E-state index contributed by atoms with van der Waals surface area (Å²) < 4.78 is 136. The molecule has 0 spiro atoms. The summed E-state index contributed by atoms with van der Waals surface area (Å²) in [5.74, 6) is -6.82. The van der Waals surface area contributed by atoms with E-state index in [-0.39, 0.29) is 17.2 Å². The molecule has 1 unspecified atom stereocenters. The van der Waals surface area contributed by atoms with Crippen LogP contribution in [0.15, 0.2) is 42.4 Å². The van der Waals surface area contributed by atoms with E-state index >= 15 is 0 Å². The molecule has 126 valence electrons. The van der Waals surface area contributed by atoms with Gasteiger partial charge in [-0.1, -0.05) is 12.1 Å². The van der Waals surface area contributed by atoms with Crippen LogP contribution in [0.3, 0.4) is 0 Å². The first-order chi connectivity index (χ1) is 16.8. The van der Waals surface area contributed by atoms with Gasteiger partial charge in [-0.3, -0.25) is 0 Å². The van der Waals surface area contributed by atoms with Crippen LogP contribution >= 0.6 is 0 Å². The van der Waals surface area contributed by atoms with Crippen molar-refractivity contribution in [2.24, 2.45) is 5.92 Å². The van der Waals surface area contributed by atoms with Gasteiger partial charge in [0.1, 0.15) is 14.3 Å². The topological polar surface area (TPSA) is 39.7 Å². The Morgan fingerprint density at radius 3 is 3.00 bits per heavy atom. The SMILES string of the molecule is [2H]c1c([2H])c([C@@]2([2H])C(COc3ccc4c(c3)OC([2H])([2H])O4)C([2H])([2H])NC([2H])([2H])C2([2H])[2H])c([2H])c([2H])c1F. The molecular weight excluding hydrogens is 309 g/mol. The molecule has 1 saturated heterocycles. The first-order valence-corrected chi connectivity index (χ1v) is 6.97. The highest BCUT2D eigenvalue weighted by Crippen LogP contribution is 2.36. The summed E-state index contributed by atoms with van der Waals surface area (Å²) in [5.41, 5.74) is -1.03. The van der Waals surface area contributed by atoms with E-state index in [9.17, 15) is 4.39 Å². The molecule has 0 aromatic heterocycles. The Kier molecular flexibility index (Phi) is 1.83. The van der Waals surface area contributed by atoms with Crippen molar-refractivity contribution in [3.05, 3.63) is 53.7 Å². The zero-order chi connectivity index (χ0) is 27.9. The summed E-state index contributed by atoms with van der Waals surface area (Å²) in [7, 11) is 0. The summed E-state index contributed by atoms with van der Waals surface area (Å²) in [6, 6.07) is -0.966. The van der Waals surface area contributed by atoms with Gasteiger partial charge in [0.25, 0.3) is 0 Å². The van der Waals surface area contributed by atoms with E-state index in [2.05, 4.69) is 0 Å². The summed E-state index contributed by atoms with van der Waals surface area (Å²) in [4.78, 5) is 0. The molecule has 24 heavy (non-hydrogen) atoms. The quantitative estimate of drug-likeness (QED) is 0.925. The first-order valence-electron chi connectivity index (χ1n) is 13.5. The Labute approximate surface area is 158 Å². The molecule has 0 radical (unpaired) electrons. The Balaban J connectivity index is 1.84. The predicted molar refractivity (Wildman–Crippen MR) is 88.2 cm³/mol. The third-order valence-electron chi connectivity index (χ3n) is 3.35. The molecule has 2 aromatic carbocycles. The number of rotatable bonds is 4. The molecule has 1 fully saturated rings. The van der Waals surface area contributed by atoms with Crippen molar-refractivity contribution in [3.63, 3.8) is 0 Å². The first kappa shape index (κ1) is 6.56. The van der Waals surface area contributed by atoms with Crippen LogP contribution in [0.1, 0.15) is 35.7 Å². The van der Waals surface area contributed by atoms with Gasteiger partial charge in [-0.15, -0.1) is 0 Å². The van der Waals surface area contributed by atoms with E-state index in [0.29, 0.717) is 0 Å². The number of benzene rings is 2. The van der Waals surface area contributed by atoms with Gasteiger partial charge in [-0.25, -0.2) is 4.39 Å². The molecule has 0 saturated carbocycles. The average Bonchev–Trinajstić information content (AvgIpc) is 3.07. The van der Waals surface area contributed by atoms with Crippen LogP contribution in [0.25, 0.3) is 0 Å². The Bertz CT molecular complexity index is 1250. The number of hydrogen-bond donors (Lipinski definition) is 1.